The molecular formula is C9H18N4O3S. The van der Waals surface area contributed by atoms with E-state index in [2.05, 4.69) is 22.9 Å². The number of thiol groups is 1. The lowest BCUT2D eigenvalue weighted by Crippen LogP contribution is -2.43. The number of hydrogen-bond donors (Lipinski definition) is 5. The summed E-state index contributed by atoms with van der Waals surface area (Å²) in [5.41, 5.74) is 10.2. The van der Waals surface area contributed by atoms with Crippen LogP contribution in [0.2, 0.25) is 0 Å². The molecule has 0 aliphatic carbocycles. The normalized spacial score (nSPS) is 13.5. The van der Waals surface area contributed by atoms with Crippen LogP contribution < -0.4 is 16.8 Å². The van der Waals surface area contributed by atoms with Crippen molar-refractivity contribution in [2.45, 2.75) is 31.1 Å². The van der Waals surface area contributed by atoms with Crippen molar-refractivity contribution in [1.29, 1.82) is 0 Å². The minimum Gasteiger partial charge on any atom is -0.480 e. The average molecular weight is 262 g/mol. The van der Waals surface area contributed by atoms with E-state index in [1.165, 1.54) is 0 Å². The molecule has 0 saturated heterocycles. The lowest BCUT2D eigenvalue weighted by atomic mass is 10.1. The van der Waals surface area contributed by atoms with Crippen LogP contribution >= 0.6 is 12.6 Å². The largest absolute Gasteiger partial charge is 0.480 e. The van der Waals surface area contributed by atoms with Crippen LogP contribution in [0.25, 0.3) is 0 Å². The van der Waals surface area contributed by atoms with E-state index >= 15 is 0 Å². The van der Waals surface area contributed by atoms with E-state index in [1.54, 1.807) is 6.92 Å². The Balaban J connectivity index is 4.13. The Kier molecular flexibility index (Phi) is 7.11. The first-order valence-corrected chi connectivity index (χ1v) is 5.63. The highest BCUT2D eigenvalue weighted by atomic mass is 32.1. The van der Waals surface area contributed by atoms with Gasteiger partial charge in [-0.25, -0.2) is 4.79 Å². The molecule has 0 aromatic carbocycles. The minimum atomic E-state index is -1.09. The number of guanidine groups is 1. The fourth-order valence-corrected chi connectivity index (χ4v) is 1.13. The van der Waals surface area contributed by atoms with Gasteiger partial charge in [-0.3, -0.25) is 9.79 Å². The lowest BCUT2D eigenvalue weighted by molar-refractivity contribution is -0.141. The van der Waals surface area contributed by atoms with E-state index in [9.17, 15) is 9.59 Å². The third-order valence-corrected chi connectivity index (χ3v) is 2.17. The van der Waals surface area contributed by atoms with Crippen LogP contribution in [0.5, 0.6) is 0 Å². The zero-order valence-electron chi connectivity index (χ0n) is 9.59. The van der Waals surface area contributed by atoms with Gasteiger partial charge in [0, 0.05) is 6.54 Å². The van der Waals surface area contributed by atoms with Crippen LogP contribution in [-0.4, -0.2) is 40.8 Å². The average Bonchev–Trinajstić information content (AvgIpc) is 2.21. The first-order valence-electron chi connectivity index (χ1n) is 5.11. The summed E-state index contributed by atoms with van der Waals surface area (Å²) in [6.07, 6.45) is 0.731. The van der Waals surface area contributed by atoms with Crippen LogP contribution in [0.4, 0.5) is 0 Å². The van der Waals surface area contributed by atoms with E-state index < -0.39 is 23.2 Å². The Morgan fingerprint density at radius 3 is 2.47 bits per heavy atom. The second-order valence-electron chi connectivity index (χ2n) is 3.52. The van der Waals surface area contributed by atoms with E-state index in [1.807, 2.05) is 0 Å². The SMILES string of the molecule is CC(S)C(=O)N[C@@H](CCCN=C(N)N)C(=O)O. The van der Waals surface area contributed by atoms with Gasteiger partial charge in [-0.1, -0.05) is 0 Å². The fourth-order valence-electron chi connectivity index (χ4n) is 1.05. The smallest absolute Gasteiger partial charge is 0.326 e. The molecular weight excluding hydrogens is 244 g/mol. The van der Waals surface area contributed by atoms with Crippen molar-refractivity contribution in [2.24, 2.45) is 16.5 Å². The number of rotatable bonds is 7. The van der Waals surface area contributed by atoms with Gasteiger partial charge in [-0.05, 0) is 19.8 Å². The Bertz CT molecular complexity index is 303. The fraction of sp³-hybridized carbons (Fsp3) is 0.667. The number of nitrogens with two attached hydrogens (primary N) is 2. The Morgan fingerprint density at radius 2 is 2.06 bits per heavy atom. The molecule has 2 atom stereocenters. The number of nitrogens with zero attached hydrogens (tertiary/aromatic N) is 1. The van der Waals surface area contributed by atoms with E-state index in [4.69, 9.17) is 16.6 Å². The molecule has 17 heavy (non-hydrogen) atoms. The molecule has 98 valence electrons. The maximum absolute atomic E-state index is 11.3. The summed E-state index contributed by atoms with van der Waals surface area (Å²) in [5, 5.41) is 10.7. The number of aliphatic imine (C=N–C) groups is 1. The number of hydrogen-bond acceptors (Lipinski definition) is 4. The van der Waals surface area contributed by atoms with Gasteiger partial charge in [-0.2, -0.15) is 12.6 Å². The first-order chi connectivity index (χ1) is 7.84. The molecule has 7 nitrogen and oxygen atoms in total. The van der Waals surface area contributed by atoms with Crippen LogP contribution in [0, 0.1) is 0 Å². The zero-order chi connectivity index (χ0) is 13.4. The van der Waals surface area contributed by atoms with Gasteiger partial charge in [0.25, 0.3) is 0 Å². The van der Waals surface area contributed by atoms with E-state index in [-0.39, 0.29) is 12.4 Å². The molecule has 6 N–H and O–H groups in total. The molecule has 0 fully saturated rings. The van der Waals surface area contributed by atoms with E-state index in [0.29, 0.717) is 13.0 Å². The van der Waals surface area contributed by atoms with Crippen LogP contribution in [0.3, 0.4) is 0 Å². The van der Waals surface area contributed by atoms with Gasteiger partial charge < -0.3 is 21.9 Å². The highest BCUT2D eigenvalue weighted by Crippen LogP contribution is 2.01. The highest BCUT2D eigenvalue weighted by Gasteiger charge is 2.20. The van der Waals surface area contributed by atoms with Crippen molar-refractivity contribution in [3.63, 3.8) is 0 Å². The van der Waals surface area contributed by atoms with Crippen LogP contribution in [-0.2, 0) is 9.59 Å². The summed E-state index contributed by atoms with van der Waals surface area (Å²) < 4.78 is 0. The highest BCUT2D eigenvalue weighted by molar-refractivity contribution is 7.81. The molecule has 0 radical (unpaired) electrons. The Labute approximate surface area is 105 Å². The maximum Gasteiger partial charge on any atom is 0.326 e. The van der Waals surface area contributed by atoms with Gasteiger partial charge in [-0.15, -0.1) is 0 Å². The topological polar surface area (TPSA) is 131 Å². The van der Waals surface area contributed by atoms with Gasteiger partial charge in [0.05, 0.1) is 5.25 Å². The van der Waals surface area contributed by atoms with Crippen molar-refractivity contribution in [1.82, 2.24) is 5.32 Å². The van der Waals surface area contributed by atoms with Gasteiger partial charge in [0.2, 0.25) is 5.91 Å². The molecule has 0 aromatic rings. The Morgan fingerprint density at radius 1 is 1.47 bits per heavy atom. The number of carboxylic acids is 1. The summed E-state index contributed by atoms with van der Waals surface area (Å²) in [6.45, 7) is 1.90. The lowest BCUT2D eigenvalue weighted by Gasteiger charge is -2.15. The summed E-state index contributed by atoms with van der Waals surface area (Å²) in [4.78, 5) is 25.9. The van der Waals surface area contributed by atoms with Crippen molar-refractivity contribution >= 4 is 30.5 Å². The molecule has 0 spiro atoms. The molecule has 1 unspecified atom stereocenters. The monoisotopic (exact) mass is 262 g/mol. The quantitative estimate of drug-likeness (QED) is 0.172. The zero-order valence-corrected chi connectivity index (χ0v) is 10.5. The van der Waals surface area contributed by atoms with E-state index in [0.717, 1.165) is 0 Å². The number of carboxylic acid groups (broad SMARTS) is 1. The number of aliphatic carboxylic acids is 1. The predicted molar refractivity (Wildman–Crippen MR) is 67.9 cm³/mol. The van der Waals surface area contributed by atoms with Crippen LogP contribution in [0.1, 0.15) is 19.8 Å². The third-order valence-electron chi connectivity index (χ3n) is 1.94. The van der Waals surface area contributed by atoms with Crippen molar-refractivity contribution in [3.05, 3.63) is 0 Å². The summed E-state index contributed by atoms with van der Waals surface area (Å²) in [6, 6.07) is -0.939. The molecule has 0 heterocycles. The minimum absolute atomic E-state index is 0.0371. The number of amides is 1. The molecule has 0 saturated carbocycles. The number of carbonyl (C=O) groups excluding carboxylic acids is 1. The summed E-state index contributed by atoms with van der Waals surface area (Å²) in [7, 11) is 0. The van der Waals surface area contributed by atoms with Crippen molar-refractivity contribution < 1.29 is 14.7 Å². The molecule has 0 rings (SSSR count). The molecule has 0 aliphatic heterocycles. The van der Waals surface area contributed by atoms with Gasteiger partial charge in [0.15, 0.2) is 5.96 Å². The molecule has 8 heteroatoms. The van der Waals surface area contributed by atoms with Crippen molar-refractivity contribution in [3.8, 4) is 0 Å². The van der Waals surface area contributed by atoms with Crippen molar-refractivity contribution in [2.75, 3.05) is 6.54 Å². The number of nitrogens with one attached hydrogen (secondary N) is 1. The number of carbonyl (C=O) groups is 2. The first kappa shape index (κ1) is 15.6. The maximum atomic E-state index is 11.3. The van der Waals surface area contributed by atoms with Crippen LogP contribution in [0.15, 0.2) is 4.99 Å². The predicted octanol–water partition coefficient (Wildman–Crippen LogP) is -1.07. The Hall–Kier alpha value is -1.44. The summed E-state index contributed by atoms with van der Waals surface area (Å²) >= 11 is 3.91. The molecule has 0 aliphatic rings. The summed E-state index contributed by atoms with van der Waals surface area (Å²) in [5.74, 6) is -1.54. The second kappa shape index (κ2) is 7.77. The second-order valence-corrected chi connectivity index (χ2v) is 4.30. The molecule has 0 bridgehead atoms. The van der Waals surface area contributed by atoms with Gasteiger partial charge >= 0.3 is 5.97 Å². The standard InChI is InChI=1S/C9H18N4O3S/c1-5(17)7(14)13-6(8(15)16)3-2-4-12-9(10)11/h5-6,17H,2-4H2,1H3,(H,13,14)(H,15,16)(H4,10,11,12)/t5?,6-/m0/s1. The molecule has 0 aromatic heterocycles. The third kappa shape index (κ3) is 7.45. The molecule has 1 amide bonds. The van der Waals surface area contributed by atoms with Gasteiger partial charge in [0.1, 0.15) is 6.04 Å².